The zero-order valence-electron chi connectivity index (χ0n) is 13.8. The number of aromatic nitrogens is 4. The van der Waals surface area contributed by atoms with Crippen LogP contribution in [0, 0.1) is 5.92 Å². The number of tetrazole rings is 1. The van der Waals surface area contributed by atoms with Crippen molar-refractivity contribution in [1.29, 1.82) is 0 Å². The summed E-state index contributed by atoms with van der Waals surface area (Å²) in [6, 6.07) is 7.64. The van der Waals surface area contributed by atoms with E-state index in [-0.39, 0.29) is 24.3 Å². The van der Waals surface area contributed by atoms with Crippen LogP contribution in [-0.4, -0.2) is 57.0 Å². The Morgan fingerprint density at radius 1 is 1.40 bits per heavy atom. The highest BCUT2D eigenvalue weighted by Gasteiger charge is 2.26. The van der Waals surface area contributed by atoms with Crippen LogP contribution in [0.15, 0.2) is 24.3 Å². The van der Waals surface area contributed by atoms with Gasteiger partial charge in [0.1, 0.15) is 0 Å². The molecular weight excluding hydrogens is 322 g/mol. The van der Waals surface area contributed by atoms with E-state index in [0.717, 1.165) is 30.5 Å². The van der Waals surface area contributed by atoms with Crippen LogP contribution in [0.2, 0.25) is 0 Å². The van der Waals surface area contributed by atoms with Crippen molar-refractivity contribution in [3.63, 3.8) is 0 Å². The summed E-state index contributed by atoms with van der Waals surface area (Å²) in [4.78, 5) is 25.4. The van der Waals surface area contributed by atoms with E-state index in [1.165, 1.54) is 0 Å². The third-order valence-electron chi connectivity index (χ3n) is 4.25. The number of H-pyrrole nitrogens is 1. The molecule has 1 saturated heterocycles. The Morgan fingerprint density at radius 3 is 3.04 bits per heavy atom. The summed E-state index contributed by atoms with van der Waals surface area (Å²) in [5, 5.41) is 16.8. The fourth-order valence-electron chi connectivity index (χ4n) is 3.07. The van der Waals surface area contributed by atoms with Gasteiger partial charge in [-0.25, -0.2) is 0 Å². The maximum atomic E-state index is 12.4. The van der Waals surface area contributed by atoms with Gasteiger partial charge in [0, 0.05) is 18.7 Å². The number of hydrogen-bond donors (Lipinski definition) is 3. The SMILES string of the molecule is NC(=O)CN1CCC[C@H](C(=O)NCc2cccc(-c3nn[nH]n3)c2)C1. The third kappa shape index (κ3) is 4.60. The molecule has 132 valence electrons. The number of piperidine rings is 1. The molecule has 2 amide bonds. The molecule has 1 aliphatic rings. The molecule has 2 heterocycles. The first-order chi connectivity index (χ1) is 12.1. The Balaban J connectivity index is 1.55. The van der Waals surface area contributed by atoms with E-state index in [0.29, 0.717) is 18.9 Å². The molecule has 1 fully saturated rings. The summed E-state index contributed by atoms with van der Waals surface area (Å²) in [6.07, 6.45) is 1.71. The molecule has 0 bridgehead atoms. The highest BCUT2D eigenvalue weighted by molar-refractivity contribution is 5.79. The third-order valence-corrected chi connectivity index (χ3v) is 4.25. The minimum absolute atomic E-state index is 0.000801. The molecular formula is C16H21N7O2. The second kappa shape index (κ2) is 7.84. The van der Waals surface area contributed by atoms with Gasteiger partial charge in [-0.1, -0.05) is 18.2 Å². The Bertz CT molecular complexity index is 732. The van der Waals surface area contributed by atoms with E-state index < -0.39 is 0 Å². The minimum atomic E-state index is -0.362. The number of nitrogens with one attached hydrogen (secondary N) is 2. The van der Waals surface area contributed by atoms with E-state index >= 15 is 0 Å². The van der Waals surface area contributed by atoms with Crippen LogP contribution in [0.25, 0.3) is 11.4 Å². The molecule has 4 N–H and O–H groups in total. The van der Waals surface area contributed by atoms with Crippen molar-refractivity contribution in [3.8, 4) is 11.4 Å². The van der Waals surface area contributed by atoms with Crippen LogP contribution in [-0.2, 0) is 16.1 Å². The van der Waals surface area contributed by atoms with Gasteiger partial charge >= 0.3 is 0 Å². The first-order valence-corrected chi connectivity index (χ1v) is 8.23. The van der Waals surface area contributed by atoms with Gasteiger partial charge in [0.25, 0.3) is 0 Å². The quantitative estimate of drug-likeness (QED) is 0.659. The van der Waals surface area contributed by atoms with Crippen LogP contribution in [0.5, 0.6) is 0 Å². The Kier molecular flexibility index (Phi) is 5.34. The lowest BCUT2D eigenvalue weighted by Gasteiger charge is -2.31. The number of hydrogen-bond acceptors (Lipinski definition) is 6. The number of benzene rings is 1. The first-order valence-electron chi connectivity index (χ1n) is 8.23. The Hall–Kier alpha value is -2.81. The molecule has 0 aliphatic carbocycles. The zero-order valence-corrected chi connectivity index (χ0v) is 13.8. The second-order valence-corrected chi connectivity index (χ2v) is 6.19. The molecule has 0 radical (unpaired) electrons. The van der Waals surface area contributed by atoms with Crippen molar-refractivity contribution in [1.82, 2.24) is 30.8 Å². The molecule has 1 aromatic carbocycles. The molecule has 0 unspecified atom stereocenters. The predicted octanol–water partition coefficient (Wildman–Crippen LogP) is -0.320. The highest BCUT2D eigenvalue weighted by Crippen LogP contribution is 2.17. The number of likely N-dealkylation sites (tertiary alicyclic amines) is 1. The number of nitrogens with zero attached hydrogens (tertiary/aromatic N) is 4. The van der Waals surface area contributed by atoms with Crippen molar-refractivity contribution in [3.05, 3.63) is 29.8 Å². The van der Waals surface area contributed by atoms with Crippen molar-refractivity contribution in [2.45, 2.75) is 19.4 Å². The molecule has 0 spiro atoms. The number of carbonyl (C=O) groups is 2. The van der Waals surface area contributed by atoms with Gasteiger partial charge < -0.3 is 11.1 Å². The topological polar surface area (TPSA) is 130 Å². The van der Waals surface area contributed by atoms with Crippen molar-refractivity contribution in [2.24, 2.45) is 11.7 Å². The molecule has 9 nitrogen and oxygen atoms in total. The van der Waals surface area contributed by atoms with E-state index in [1.807, 2.05) is 29.2 Å². The smallest absolute Gasteiger partial charge is 0.231 e. The summed E-state index contributed by atoms with van der Waals surface area (Å²) < 4.78 is 0. The van der Waals surface area contributed by atoms with E-state index in [2.05, 4.69) is 25.9 Å². The molecule has 3 rings (SSSR count). The average molecular weight is 343 g/mol. The maximum Gasteiger partial charge on any atom is 0.231 e. The van der Waals surface area contributed by atoms with E-state index in [4.69, 9.17) is 5.73 Å². The molecule has 25 heavy (non-hydrogen) atoms. The largest absolute Gasteiger partial charge is 0.369 e. The molecule has 1 atom stereocenters. The van der Waals surface area contributed by atoms with Crippen LogP contribution in [0.3, 0.4) is 0 Å². The number of rotatable bonds is 6. The normalized spacial score (nSPS) is 18.0. The number of aromatic amines is 1. The Labute approximate surface area is 145 Å². The van der Waals surface area contributed by atoms with Gasteiger partial charge in [-0.15, -0.1) is 10.2 Å². The van der Waals surface area contributed by atoms with Gasteiger partial charge in [-0.3, -0.25) is 14.5 Å². The molecule has 2 aromatic rings. The predicted molar refractivity (Wildman–Crippen MR) is 89.8 cm³/mol. The van der Waals surface area contributed by atoms with Gasteiger partial charge in [0.05, 0.1) is 12.5 Å². The summed E-state index contributed by atoms with van der Waals surface area (Å²) in [6.45, 7) is 2.00. The van der Waals surface area contributed by atoms with Crippen molar-refractivity contribution in [2.75, 3.05) is 19.6 Å². The van der Waals surface area contributed by atoms with E-state index in [1.54, 1.807) is 0 Å². The number of nitrogens with two attached hydrogens (primary N) is 1. The lowest BCUT2D eigenvalue weighted by Crippen LogP contribution is -2.45. The summed E-state index contributed by atoms with van der Waals surface area (Å²) >= 11 is 0. The van der Waals surface area contributed by atoms with E-state index in [9.17, 15) is 9.59 Å². The first kappa shape index (κ1) is 17.0. The number of primary amides is 1. The molecule has 1 aromatic heterocycles. The lowest BCUT2D eigenvalue weighted by molar-refractivity contribution is -0.128. The lowest BCUT2D eigenvalue weighted by atomic mass is 9.97. The molecule has 0 saturated carbocycles. The standard InChI is InChI=1S/C16H21N7O2/c17-14(24)10-23-6-2-5-13(9-23)16(25)18-8-11-3-1-4-12(7-11)15-19-21-22-20-15/h1,3-4,7,13H,2,5-6,8-10H2,(H2,17,24)(H,18,25)(H,19,20,21,22)/t13-/m0/s1. The van der Waals surface area contributed by atoms with Crippen LogP contribution in [0.1, 0.15) is 18.4 Å². The fraction of sp³-hybridized carbons (Fsp3) is 0.438. The summed E-state index contributed by atoms with van der Waals surface area (Å²) in [5.74, 6) is 0.0366. The number of carbonyl (C=O) groups excluding carboxylic acids is 2. The maximum absolute atomic E-state index is 12.4. The minimum Gasteiger partial charge on any atom is -0.369 e. The van der Waals surface area contributed by atoms with Gasteiger partial charge in [-0.2, -0.15) is 5.21 Å². The monoisotopic (exact) mass is 343 g/mol. The van der Waals surface area contributed by atoms with Gasteiger partial charge in [-0.05, 0) is 36.2 Å². The summed E-state index contributed by atoms with van der Waals surface area (Å²) in [7, 11) is 0. The fourth-order valence-corrected chi connectivity index (χ4v) is 3.07. The van der Waals surface area contributed by atoms with Crippen molar-refractivity contribution < 1.29 is 9.59 Å². The molecule has 1 aliphatic heterocycles. The Morgan fingerprint density at radius 2 is 2.28 bits per heavy atom. The average Bonchev–Trinajstić information content (AvgIpc) is 3.14. The van der Waals surface area contributed by atoms with Crippen molar-refractivity contribution >= 4 is 11.8 Å². The van der Waals surface area contributed by atoms with Crippen LogP contribution < -0.4 is 11.1 Å². The van der Waals surface area contributed by atoms with Gasteiger partial charge in [0.15, 0.2) is 0 Å². The van der Waals surface area contributed by atoms with Gasteiger partial charge in [0.2, 0.25) is 17.6 Å². The highest BCUT2D eigenvalue weighted by atomic mass is 16.2. The van der Waals surface area contributed by atoms with Crippen LogP contribution >= 0.6 is 0 Å². The van der Waals surface area contributed by atoms with Crippen LogP contribution in [0.4, 0.5) is 0 Å². The second-order valence-electron chi connectivity index (χ2n) is 6.19. The molecule has 9 heteroatoms. The summed E-state index contributed by atoms with van der Waals surface area (Å²) in [5.41, 5.74) is 7.03. The number of amides is 2. The zero-order chi connectivity index (χ0) is 17.6.